The summed E-state index contributed by atoms with van der Waals surface area (Å²) < 4.78 is 10.5. The molecule has 2 heterocycles. The lowest BCUT2D eigenvalue weighted by molar-refractivity contribution is 0.0955. The van der Waals surface area contributed by atoms with Crippen LogP contribution in [0.1, 0.15) is 15.9 Å². The molecule has 1 amide bonds. The number of fused-ring (bicyclic) bond motifs is 1. The van der Waals surface area contributed by atoms with Gasteiger partial charge in [0.15, 0.2) is 11.5 Å². The van der Waals surface area contributed by atoms with Crippen LogP contribution in [0.3, 0.4) is 0 Å². The average Bonchev–Trinajstić information content (AvgIpc) is 3.03. The Bertz CT molecular complexity index is 727. The Morgan fingerprint density at radius 3 is 2.86 bits per heavy atom. The molecule has 1 N–H and O–H groups in total. The molecule has 2 aromatic rings. The molecule has 1 aromatic heterocycles. The minimum Gasteiger partial charge on any atom is -0.454 e. The number of carbonyl (C=O) groups is 1. The summed E-state index contributed by atoms with van der Waals surface area (Å²) in [6.45, 7) is 0.255. The molecule has 1 aliphatic heterocycles. The van der Waals surface area contributed by atoms with E-state index in [-0.39, 0.29) is 12.7 Å². The summed E-state index contributed by atoms with van der Waals surface area (Å²) in [6, 6.07) is 8.88. The van der Waals surface area contributed by atoms with Crippen LogP contribution in [0.25, 0.3) is 6.08 Å². The molecule has 3 rings (SSSR count). The number of benzene rings is 1. The molecular weight excluding hydrogens is 282 g/mol. The molecule has 0 atom stereocenters. The number of rotatable bonds is 4. The number of allylic oxidation sites excluding steroid dienone is 1. The van der Waals surface area contributed by atoms with Gasteiger partial charge in [-0.25, -0.2) is 5.43 Å². The zero-order chi connectivity index (χ0) is 15.2. The van der Waals surface area contributed by atoms with Gasteiger partial charge < -0.3 is 9.47 Å². The van der Waals surface area contributed by atoms with E-state index in [1.807, 2.05) is 24.3 Å². The van der Waals surface area contributed by atoms with Gasteiger partial charge in [-0.2, -0.15) is 5.10 Å². The van der Waals surface area contributed by atoms with Crippen molar-refractivity contribution in [1.82, 2.24) is 10.4 Å². The van der Waals surface area contributed by atoms with Crippen molar-refractivity contribution in [2.24, 2.45) is 5.10 Å². The normalized spacial score (nSPS) is 12.9. The maximum Gasteiger partial charge on any atom is 0.271 e. The van der Waals surface area contributed by atoms with Crippen molar-refractivity contribution in [3.05, 3.63) is 59.9 Å². The van der Waals surface area contributed by atoms with Gasteiger partial charge in [-0.05, 0) is 35.9 Å². The maximum absolute atomic E-state index is 11.7. The van der Waals surface area contributed by atoms with Gasteiger partial charge in [-0.15, -0.1) is 0 Å². The van der Waals surface area contributed by atoms with E-state index >= 15 is 0 Å². The summed E-state index contributed by atoms with van der Waals surface area (Å²) in [5, 5.41) is 3.85. The third kappa shape index (κ3) is 3.29. The fraction of sp³-hybridized carbons (Fsp3) is 0.0625. The van der Waals surface area contributed by atoms with Crippen LogP contribution in [-0.2, 0) is 0 Å². The van der Waals surface area contributed by atoms with E-state index in [1.54, 1.807) is 30.6 Å². The summed E-state index contributed by atoms with van der Waals surface area (Å²) in [5.41, 5.74) is 3.89. The highest BCUT2D eigenvalue weighted by atomic mass is 16.7. The van der Waals surface area contributed by atoms with Crippen molar-refractivity contribution >= 4 is 18.2 Å². The summed E-state index contributed by atoms with van der Waals surface area (Å²) >= 11 is 0. The molecular formula is C16H13N3O3. The maximum atomic E-state index is 11.7. The van der Waals surface area contributed by atoms with Crippen LogP contribution >= 0.6 is 0 Å². The second kappa shape index (κ2) is 6.53. The molecule has 110 valence electrons. The van der Waals surface area contributed by atoms with Gasteiger partial charge in [0.2, 0.25) is 6.79 Å². The first-order valence-electron chi connectivity index (χ1n) is 6.63. The van der Waals surface area contributed by atoms with Crippen molar-refractivity contribution < 1.29 is 14.3 Å². The van der Waals surface area contributed by atoms with Crippen LogP contribution in [0, 0.1) is 0 Å². The fourth-order valence-electron chi connectivity index (χ4n) is 1.88. The highest BCUT2D eigenvalue weighted by molar-refractivity contribution is 5.94. The number of hydrogen-bond donors (Lipinski definition) is 1. The number of hydrazone groups is 1. The number of nitrogens with one attached hydrogen (secondary N) is 1. The molecule has 0 radical (unpaired) electrons. The minimum atomic E-state index is -0.282. The van der Waals surface area contributed by atoms with Crippen molar-refractivity contribution in [2.75, 3.05) is 6.79 Å². The second-order valence-electron chi connectivity index (χ2n) is 4.43. The Kier molecular flexibility index (Phi) is 4.10. The lowest BCUT2D eigenvalue weighted by Crippen LogP contribution is -2.17. The summed E-state index contributed by atoms with van der Waals surface area (Å²) in [5.74, 6) is 1.19. The molecule has 1 aliphatic rings. The van der Waals surface area contributed by atoms with E-state index in [1.165, 1.54) is 6.21 Å². The van der Waals surface area contributed by atoms with Crippen LogP contribution in [0.15, 0.2) is 53.9 Å². The summed E-state index contributed by atoms with van der Waals surface area (Å²) in [7, 11) is 0. The lowest BCUT2D eigenvalue weighted by atomic mass is 10.2. The molecule has 0 bridgehead atoms. The third-order valence-electron chi connectivity index (χ3n) is 2.95. The second-order valence-corrected chi connectivity index (χ2v) is 4.43. The number of pyridine rings is 1. The smallest absolute Gasteiger partial charge is 0.271 e. The summed E-state index contributed by atoms with van der Waals surface area (Å²) in [4.78, 5) is 15.5. The van der Waals surface area contributed by atoms with Gasteiger partial charge in [0.25, 0.3) is 5.91 Å². The van der Waals surface area contributed by atoms with Gasteiger partial charge in [-0.3, -0.25) is 9.78 Å². The lowest BCUT2D eigenvalue weighted by Gasteiger charge is -1.97. The Morgan fingerprint density at radius 2 is 2.00 bits per heavy atom. The Hall–Kier alpha value is -3.15. The zero-order valence-electron chi connectivity index (χ0n) is 11.6. The first kappa shape index (κ1) is 13.8. The SMILES string of the molecule is O=C(N/N=C\C=C\c1ccc2c(c1)OCO2)c1ccncc1. The van der Waals surface area contributed by atoms with E-state index in [2.05, 4.69) is 15.5 Å². The van der Waals surface area contributed by atoms with E-state index in [4.69, 9.17) is 9.47 Å². The molecule has 0 spiro atoms. The minimum absolute atomic E-state index is 0.255. The van der Waals surface area contributed by atoms with E-state index in [0.29, 0.717) is 5.56 Å². The predicted octanol–water partition coefficient (Wildman–Crippen LogP) is 2.24. The van der Waals surface area contributed by atoms with Crippen molar-refractivity contribution in [2.45, 2.75) is 0 Å². The molecule has 0 fully saturated rings. The molecule has 0 saturated carbocycles. The average molecular weight is 295 g/mol. The van der Waals surface area contributed by atoms with Crippen molar-refractivity contribution in [3.8, 4) is 11.5 Å². The number of amides is 1. The van der Waals surface area contributed by atoms with Crippen LogP contribution in [0.5, 0.6) is 11.5 Å². The number of nitrogens with zero attached hydrogens (tertiary/aromatic N) is 2. The van der Waals surface area contributed by atoms with Gasteiger partial charge in [0, 0.05) is 24.2 Å². The summed E-state index contributed by atoms with van der Waals surface area (Å²) in [6.07, 6.45) is 8.19. The number of hydrogen-bond acceptors (Lipinski definition) is 5. The molecule has 6 nitrogen and oxygen atoms in total. The van der Waals surface area contributed by atoms with Crippen LogP contribution in [0.2, 0.25) is 0 Å². The monoisotopic (exact) mass is 295 g/mol. The molecule has 6 heteroatoms. The Morgan fingerprint density at radius 1 is 1.18 bits per heavy atom. The molecule has 1 aromatic carbocycles. The first-order valence-corrected chi connectivity index (χ1v) is 6.63. The number of aromatic nitrogens is 1. The standard InChI is InChI=1S/C16H13N3O3/c20-16(13-5-8-17-9-6-13)19-18-7-1-2-12-3-4-14-15(10-12)22-11-21-14/h1-10H,11H2,(H,19,20)/b2-1+,18-7-. The zero-order valence-corrected chi connectivity index (χ0v) is 11.6. The van der Waals surface area contributed by atoms with Gasteiger partial charge in [0.05, 0.1) is 0 Å². The van der Waals surface area contributed by atoms with E-state index < -0.39 is 0 Å². The number of carbonyl (C=O) groups excluding carboxylic acids is 1. The topological polar surface area (TPSA) is 72.8 Å². The molecule has 0 unspecified atom stereocenters. The first-order chi connectivity index (χ1) is 10.8. The van der Waals surface area contributed by atoms with E-state index in [0.717, 1.165) is 17.1 Å². The van der Waals surface area contributed by atoms with Crippen molar-refractivity contribution in [1.29, 1.82) is 0 Å². The highest BCUT2D eigenvalue weighted by Gasteiger charge is 2.11. The Balaban J connectivity index is 1.55. The van der Waals surface area contributed by atoms with Gasteiger partial charge >= 0.3 is 0 Å². The quantitative estimate of drug-likeness (QED) is 0.693. The highest BCUT2D eigenvalue weighted by Crippen LogP contribution is 2.32. The van der Waals surface area contributed by atoms with Crippen LogP contribution in [0.4, 0.5) is 0 Å². The largest absolute Gasteiger partial charge is 0.454 e. The third-order valence-corrected chi connectivity index (χ3v) is 2.95. The number of ether oxygens (including phenoxy) is 2. The molecule has 22 heavy (non-hydrogen) atoms. The predicted molar refractivity (Wildman–Crippen MR) is 81.8 cm³/mol. The fourth-order valence-corrected chi connectivity index (χ4v) is 1.88. The molecule has 0 aliphatic carbocycles. The Labute approximate surface area is 127 Å². The molecule has 0 saturated heterocycles. The van der Waals surface area contributed by atoms with Crippen LogP contribution < -0.4 is 14.9 Å². The van der Waals surface area contributed by atoms with E-state index in [9.17, 15) is 4.79 Å². The van der Waals surface area contributed by atoms with Gasteiger partial charge in [-0.1, -0.05) is 12.1 Å². The van der Waals surface area contributed by atoms with Crippen molar-refractivity contribution in [3.63, 3.8) is 0 Å². The van der Waals surface area contributed by atoms with Gasteiger partial charge in [0.1, 0.15) is 0 Å². The van der Waals surface area contributed by atoms with Crippen LogP contribution in [-0.4, -0.2) is 23.9 Å².